The van der Waals surface area contributed by atoms with E-state index in [0.717, 1.165) is 25.9 Å². The highest BCUT2D eigenvalue weighted by molar-refractivity contribution is 5.23. The van der Waals surface area contributed by atoms with E-state index in [0.29, 0.717) is 0 Å². The van der Waals surface area contributed by atoms with Crippen molar-refractivity contribution in [3.05, 3.63) is 24.2 Å². The van der Waals surface area contributed by atoms with Crippen LogP contribution in [-0.2, 0) is 0 Å². The Bertz CT molecular complexity index is 300. The predicted octanol–water partition coefficient (Wildman–Crippen LogP) is 0.748. The van der Waals surface area contributed by atoms with Gasteiger partial charge in [0, 0.05) is 12.7 Å². The predicted molar refractivity (Wildman–Crippen MR) is 58.9 cm³/mol. The van der Waals surface area contributed by atoms with Crippen molar-refractivity contribution in [2.45, 2.75) is 24.4 Å². The molecule has 0 saturated carbocycles. The van der Waals surface area contributed by atoms with Gasteiger partial charge >= 0.3 is 0 Å². The molecule has 4 heteroatoms. The molecule has 3 nitrogen and oxygen atoms in total. The number of rotatable bonds is 1. The molecular weight excluding hydrogens is 193 g/mol. The molecule has 15 heavy (non-hydrogen) atoms. The van der Waals surface area contributed by atoms with Gasteiger partial charge in [-0.2, -0.15) is 0 Å². The largest absolute Gasteiger partial charge is 0.380 e. The van der Waals surface area contributed by atoms with E-state index in [1.54, 1.807) is 0 Å². The van der Waals surface area contributed by atoms with E-state index < -0.39 is 0 Å². The quantitative estimate of drug-likeness (QED) is 0.672. The monoisotopic (exact) mass is 211 g/mol. The summed E-state index contributed by atoms with van der Waals surface area (Å²) in [6, 6.07) is 0.0414. The fraction of sp³-hybridized carbons (Fsp3) is 0.636. The molecule has 0 radical (unpaired) electrons. The Kier molecular flexibility index (Phi) is 2.80. The molecule has 0 amide bonds. The molecule has 2 atom stereocenters. The maximum atomic E-state index is 12.8. The summed E-state index contributed by atoms with van der Waals surface area (Å²) in [6.07, 6.45) is 6.80. The molecule has 2 aliphatic heterocycles. The van der Waals surface area contributed by atoms with Crippen LogP contribution in [0.4, 0.5) is 4.39 Å². The Hall–Kier alpha value is -0.870. The summed E-state index contributed by atoms with van der Waals surface area (Å²) in [4.78, 5) is 2.23. The molecule has 2 unspecified atom stereocenters. The number of nitrogens with one attached hydrogen (secondary N) is 1. The number of allylic oxidation sites excluding steroid dienone is 2. The summed E-state index contributed by atoms with van der Waals surface area (Å²) in [7, 11) is 2.07. The van der Waals surface area contributed by atoms with Crippen LogP contribution < -0.4 is 11.1 Å². The minimum Gasteiger partial charge on any atom is -0.380 e. The lowest BCUT2D eigenvalue weighted by Gasteiger charge is -2.43. The lowest BCUT2D eigenvalue weighted by molar-refractivity contribution is 0.159. The third kappa shape index (κ3) is 2.21. The van der Waals surface area contributed by atoms with Gasteiger partial charge in [0.1, 0.15) is 5.83 Å². The van der Waals surface area contributed by atoms with E-state index in [9.17, 15) is 4.39 Å². The Morgan fingerprint density at radius 1 is 1.67 bits per heavy atom. The molecule has 1 saturated heterocycles. The number of likely N-dealkylation sites (tertiary alicyclic amines) is 1. The number of nitrogens with two attached hydrogens (primary N) is 1. The van der Waals surface area contributed by atoms with Crippen molar-refractivity contribution in [1.82, 2.24) is 10.2 Å². The normalized spacial score (nSPS) is 37.3. The maximum absolute atomic E-state index is 12.8. The number of hydrogen-bond donors (Lipinski definition) is 2. The SMILES string of the molecule is CN1CCCC(N)(C2C=CC(F)=CN2)C1. The highest BCUT2D eigenvalue weighted by atomic mass is 19.1. The molecule has 2 heterocycles. The van der Waals surface area contributed by atoms with Crippen molar-refractivity contribution < 1.29 is 4.39 Å². The molecular formula is C11H18FN3. The van der Waals surface area contributed by atoms with E-state index in [1.165, 1.54) is 12.3 Å². The van der Waals surface area contributed by atoms with Crippen LogP contribution in [0.5, 0.6) is 0 Å². The van der Waals surface area contributed by atoms with Crippen LogP contribution in [0.1, 0.15) is 12.8 Å². The van der Waals surface area contributed by atoms with E-state index in [1.807, 2.05) is 6.08 Å². The maximum Gasteiger partial charge on any atom is 0.138 e. The third-order valence-corrected chi connectivity index (χ3v) is 3.21. The Labute approximate surface area is 89.8 Å². The summed E-state index contributed by atoms with van der Waals surface area (Å²) in [6.45, 7) is 1.95. The molecule has 2 rings (SSSR count). The fourth-order valence-corrected chi connectivity index (χ4v) is 2.41. The smallest absolute Gasteiger partial charge is 0.138 e. The van der Waals surface area contributed by atoms with Crippen LogP contribution in [0, 0.1) is 0 Å². The van der Waals surface area contributed by atoms with Crippen molar-refractivity contribution in [3.63, 3.8) is 0 Å². The van der Waals surface area contributed by atoms with Gasteiger partial charge in [-0.3, -0.25) is 0 Å². The van der Waals surface area contributed by atoms with E-state index in [4.69, 9.17) is 5.73 Å². The lowest BCUT2D eigenvalue weighted by atomic mass is 9.82. The van der Waals surface area contributed by atoms with Gasteiger partial charge < -0.3 is 16.0 Å². The molecule has 1 fully saturated rings. The first kappa shape index (κ1) is 10.6. The molecule has 0 aromatic rings. The van der Waals surface area contributed by atoms with Crippen LogP contribution in [0.2, 0.25) is 0 Å². The van der Waals surface area contributed by atoms with Gasteiger partial charge in [-0.25, -0.2) is 4.39 Å². The number of hydrogen-bond acceptors (Lipinski definition) is 3. The Balaban J connectivity index is 2.06. The first-order valence-corrected chi connectivity index (χ1v) is 5.37. The second-order valence-corrected chi connectivity index (χ2v) is 4.61. The van der Waals surface area contributed by atoms with Crippen molar-refractivity contribution >= 4 is 0 Å². The zero-order valence-electron chi connectivity index (χ0n) is 9.04. The first-order chi connectivity index (χ1) is 7.10. The average molecular weight is 211 g/mol. The number of piperidine rings is 1. The zero-order valence-corrected chi connectivity index (χ0v) is 9.04. The van der Waals surface area contributed by atoms with Crippen molar-refractivity contribution in [2.24, 2.45) is 5.73 Å². The van der Waals surface area contributed by atoms with Crippen LogP contribution in [0.25, 0.3) is 0 Å². The number of dihydropyridines is 1. The van der Waals surface area contributed by atoms with Crippen LogP contribution >= 0.6 is 0 Å². The number of halogens is 1. The lowest BCUT2D eigenvalue weighted by Crippen LogP contribution is -2.63. The van der Waals surface area contributed by atoms with Crippen molar-refractivity contribution in [3.8, 4) is 0 Å². The molecule has 0 aromatic heterocycles. The minimum absolute atomic E-state index is 0.0414. The topological polar surface area (TPSA) is 41.3 Å². The van der Waals surface area contributed by atoms with Crippen LogP contribution in [0.15, 0.2) is 24.2 Å². The Morgan fingerprint density at radius 3 is 3.07 bits per heavy atom. The molecule has 0 bridgehead atoms. The van der Waals surface area contributed by atoms with Gasteiger partial charge in [0.05, 0.1) is 11.6 Å². The van der Waals surface area contributed by atoms with Gasteiger partial charge in [0.15, 0.2) is 0 Å². The standard InChI is InChI=1S/C11H18FN3/c1-15-6-2-5-11(13,8-15)10-4-3-9(12)7-14-10/h3-4,7,10,14H,2,5-6,8,13H2,1H3. The molecule has 2 aliphatic rings. The van der Waals surface area contributed by atoms with E-state index in [-0.39, 0.29) is 17.4 Å². The highest BCUT2D eigenvalue weighted by Crippen LogP contribution is 2.24. The minimum atomic E-state index is -0.277. The second kappa shape index (κ2) is 3.94. The summed E-state index contributed by atoms with van der Waals surface area (Å²) in [5, 5.41) is 3.02. The first-order valence-electron chi connectivity index (χ1n) is 5.37. The summed E-state index contributed by atoms with van der Waals surface area (Å²) in [5.41, 5.74) is 6.09. The highest BCUT2D eigenvalue weighted by Gasteiger charge is 2.37. The van der Waals surface area contributed by atoms with Crippen LogP contribution in [-0.4, -0.2) is 36.6 Å². The zero-order chi connectivity index (χ0) is 10.9. The van der Waals surface area contributed by atoms with Gasteiger partial charge in [-0.1, -0.05) is 6.08 Å². The fourth-order valence-electron chi connectivity index (χ4n) is 2.41. The van der Waals surface area contributed by atoms with Gasteiger partial charge in [-0.15, -0.1) is 0 Å². The van der Waals surface area contributed by atoms with E-state index >= 15 is 0 Å². The van der Waals surface area contributed by atoms with Gasteiger partial charge in [-0.05, 0) is 32.5 Å². The Morgan fingerprint density at radius 2 is 2.47 bits per heavy atom. The summed E-state index contributed by atoms with van der Waals surface area (Å²) >= 11 is 0. The molecule has 0 spiro atoms. The summed E-state index contributed by atoms with van der Waals surface area (Å²) in [5.74, 6) is -0.237. The number of likely N-dealkylation sites (N-methyl/N-ethyl adjacent to an activating group) is 1. The van der Waals surface area contributed by atoms with E-state index in [2.05, 4.69) is 17.3 Å². The average Bonchev–Trinajstić information content (AvgIpc) is 2.18. The van der Waals surface area contributed by atoms with Gasteiger partial charge in [0.25, 0.3) is 0 Å². The van der Waals surface area contributed by atoms with Crippen LogP contribution in [0.3, 0.4) is 0 Å². The molecule has 0 aromatic carbocycles. The molecule has 0 aliphatic carbocycles. The summed E-state index contributed by atoms with van der Waals surface area (Å²) < 4.78 is 12.8. The van der Waals surface area contributed by atoms with Crippen molar-refractivity contribution in [2.75, 3.05) is 20.1 Å². The van der Waals surface area contributed by atoms with Crippen molar-refractivity contribution in [1.29, 1.82) is 0 Å². The van der Waals surface area contributed by atoms with Gasteiger partial charge in [0.2, 0.25) is 0 Å². The number of nitrogens with zero attached hydrogens (tertiary/aromatic N) is 1. The molecule has 84 valence electrons. The third-order valence-electron chi connectivity index (χ3n) is 3.21. The second-order valence-electron chi connectivity index (χ2n) is 4.61. The molecule has 3 N–H and O–H groups in total.